The molecular formula is C21H38NO4P. The Morgan fingerprint density at radius 2 is 1.81 bits per heavy atom. The van der Waals surface area contributed by atoms with Crippen LogP contribution in [0.4, 0.5) is 0 Å². The third-order valence-electron chi connectivity index (χ3n) is 5.83. The molecule has 0 bridgehead atoms. The monoisotopic (exact) mass is 399 g/mol. The maximum absolute atomic E-state index is 9.07. The van der Waals surface area contributed by atoms with Crippen molar-refractivity contribution in [1.29, 1.82) is 0 Å². The normalized spacial score (nSPS) is 20.1. The molecule has 0 amide bonds. The van der Waals surface area contributed by atoms with Crippen LogP contribution in [-0.4, -0.2) is 26.8 Å². The predicted molar refractivity (Wildman–Crippen MR) is 113 cm³/mol. The van der Waals surface area contributed by atoms with Gasteiger partial charge < -0.3 is 0 Å². The minimum absolute atomic E-state index is 0.0567. The molecule has 0 aromatic heterocycles. The van der Waals surface area contributed by atoms with E-state index in [1.165, 1.54) is 55.2 Å². The van der Waals surface area contributed by atoms with Crippen molar-refractivity contribution in [1.82, 2.24) is 0 Å². The Balaban J connectivity index is 1.86. The van der Waals surface area contributed by atoms with E-state index in [0.717, 1.165) is 25.7 Å². The molecule has 2 rings (SSSR count). The van der Waals surface area contributed by atoms with Crippen LogP contribution in [0.15, 0.2) is 18.2 Å². The van der Waals surface area contributed by atoms with E-state index in [9.17, 15) is 0 Å². The summed E-state index contributed by atoms with van der Waals surface area (Å²) in [5.41, 5.74) is 9.83. The van der Waals surface area contributed by atoms with Gasteiger partial charge in [0.15, 0.2) is 0 Å². The van der Waals surface area contributed by atoms with Crippen molar-refractivity contribution in [2.24, 2.45) is 11.7 Å². The summed E-state index contributed by atoms with van der Waals surface area (Å²) in [4.78, 5) is 27.2. The molecule has 0 fully saturated rings. The second kappa shape index (κ2) is 10.3. The number of rotatable bonds is 11. The van der Waals surface area contributed by atoms with Crippen LogP contribution in [0.3, 0.4) is 0 Å². The molecule has 1 aliphatic carbocycles. The fraction of sp³-hybridized carbons (Fsp3) is 0.714. The summed E-state index contributed by atoms with van der Waals surface area (Å²) in [7, 11) is -4.51. The van der Waals surface area contributed by atoms with Gasteiger partial charge in [-0.05, 0) is 0 Å². The topological polar surface area (TPSA) is 95.9 Å². The van der Waals surface area contributed by atoms with Crippen molar-refractivity contribution >= 4 is 8.17 Å². The molecule has 5 N–H and O–H groups in total. The fourth-order valence-corrected chi connectivity index (χ4v) is 4.51. The number of hydrogen-bond donors (Lipinski definition) is 4. The Morgan fingerprint density at radius 1 is 1.11 bits per heavy atom. The first kappa shape index (κ1) is 22.7. The van der Waals surface area contributed by atoms with Crippen molar-refractivity contribution in [2.75, 3.05) is 6.61 Å². The van der Waals surface area contributed by atoms with Gasteiger partial charge in [-0.2, -0.15) is 0 Å². The van der Waals surface area contributed by atoms with Crippen LogP contribution in [0.2, 0.25) is 0 Å². The zero-order chi connectivity index (χ0) is 19.9. The number of fused-ring (bicyclic) bond motifs is 1. The first-order valence-electron chi connectivity index (χ1n) is 10.4. The number of unbranched alkanes of at least 4 members (excludes halogenated alkanes) is 5. The molecule has 0 saturated heterocycles. The Kier molecular flexibility index (Phi) is 8.67. The van der Waals surface area contributed by atoms with Gasteiger partial charge in [-0.3, -0.25) is 0 Å². The quantitative estimate of drug-likeness (QED) is 0.335. The maximum atomic E-state index is 9.07. The number of nitrogens with two attached hydrogens (primary N) is 1. The molecule has 0 saturated carbocycles. The molecule has 0 radical (unpaired) electrons. The molecule has 1 aromatic carbocycles. The summed E-state index contributed by atoms with van der Waals surface area (Å²) < 4.78 is 4.81. The predicted octanol–water partition coefficient (Wildman–Crippen LogP) is 3.82. The Hall–Kier alpha value is -0.550. The molecule has 0 spiro atoms. The van der Waals surface area contributed by atoms with E-state index < -0.39 is 13.7 Å². The second-order valence-corrected chi connectivity index (χ2v) is 9.87. The Morgan fingerprint density at radius 3 is 2.52 bits per heavy atom. The van der Waals surface area contributed by atoms with Gasteiger partial charge in [0, 0.05) is 0 Å². The van der Waals surface area contributed by atoms with Gasteiger partial charge in [0.1, 0.15) is 0 Å². The molecule has 5 nitrogen and oxygen atoms in total. The van der Waals surface area contributed by atoms with E-state index in [4.69, 9.17) is 24.9 Å². The summed E-state index contributed by atoms with van der Waals surface area (Å²) in [5, 5.41) is 0. The number of hydrogen-bond acceptors (Lipinski definition) is 5. The van der Waals surface area contributed by atoms with Crippen LogP contribution in [0.25, 0.3) is 0 Å². The summed E-state index contributed by atoms with van der Waals surface area (Å²) >= 11 is 0. The Labute approximate surface area is 164 Å². The van der Waals surface area contributed by atoms with Crippen molar-refractivity contribution in [2.45, 2.75) is 83.6 Å². The van der Waals surface area contributed by atoms with Gasteiger partial charge in [0.05, 0.1) is 0 Å². The molecule has 1 aliphatic rings. The number of benzene rings is 1. The van der Waals surface area contributed by atoms with E-state index in [2.05, 4.69) is 25.1 Å². The van der Waals surface area contributed by atoms with E-state index in [-0.39, 0.29) is 12.5 Å². The first-order valence-corrected chi connectivity index (χ1v) is 12.2. The van der Waals surface area contributed by atoms with Crippen molar-refractivity contribution in [3.63, 3.8) is 0 Å². The second-order valence-electron chi connectivity index (χ2n) is 8.43. The van der Waals surface area contributed by atoms with Crippen LogP contribution in [-0.2, 0) is 23.8 Å². The average molecular weight is 400 g/mol. The molecule has 6 heteroatoms. The van der Waals surface area contributed by atoms with E-state index >= 15 is 0 Å². The van der Waals surface area contributed by atoms with Gasteiger partial charge in [-0.15, -0.1) is 0 Å². The van der Waals surface area contributed by atoms with Gasteiger partial charge in [-0.25, -0.2) is 0 Å². The van der Waals surface area contributed by atoms with Crippen molar-refractivity contribution in [3.8, 4) is 0 Å². The molecule has 1 aromatic rings. The molecule has 0 heterocycles. The zero-order valence-corrected chi connectivity index (χ0v) is 17.9. The Bertz CT molecular complexity index is 586. The van der Waals surface area contributed by atoms with Crippen molar-refractivity contribution < 1.29 is 19.2 Å². The standard InChI is InChI=1S/C21H38NO4P/c1-3-4-5-6-7-8-9-17-10-11-19-15-20(13-12-18(19)14-17)21(2,22)16-26-27(23,24)25/h10-11,14,20,23-25,27H,3-9,12-13,15-16,22H2,1-2H3/t20?,21-/m1/s1. The fourth-order valence-electron chi connectivity index (χ4n) is 4.01. The molecule has 1 unspecified atom stereocenters. The summed E-state index contributed by atoms with van der Waals surface area (Å²) in [6, 6.07) is 6.83. The summed E-state index contributed by atoms with van der Waals surface area (Å²) in [6.07, 6.45) is 11.9. The summed E-state index contributed by atoms with van der Waals surface area (Å²) in [6.45, 7) is 4.05. The third kappa shape index (κ3) is 7.77. The summed E-state index contributed by atoms with van der Waals surface area (Å²) in [5.74, 6) is 0.186. The van der Waals surface area contributed by atoms with Crippen LogP contribution >= 0.6 is 8.17 Å². The zero-order valence-electron chi connectivity index (χ0n) is 16.9. The molecule has 156 valence electrons. The molecule has 0 aliphatic heterocycles. The van der Waals surface area contributed by atoms with Crippen molar-refractivity contribution in [3.05, 3.63) is 34.9 Å². The van der Waals surface area contributed by atoms with E-state index in [1.54, 1.807) is 0 Å². The van der Waals surface area contributed by atoms with Crippen LogP contribution in [0.1, 0.15) is 75.5 Å². The minimum atomic E-state index is -4.51. The van der Waals surface area contributed by atoms with Gasteiger partial charge >= 0.3 is 132 Å². The third-order valence-corrected chi connectivity index (χ3v) is 6.36. The van der Waals surface area contributed by atoms with Gasteiger partial charge in [0.25, 0.3) is 0 Å². The SMILES string of the molecule is CCCCCCCCc1ccc2c(c1)CCC([C@](C)(N)CO[PH](O)(O)O)C2. The van der Waals surface area contributed by atoms with Crippen LogP contribution in [0.5, 0.6) is 0 Å². The molecule has 27 heavy (non-hydrogen) atoms. The first-order chi connectivity index (χ1) is 12.7. The van der Waals surface area contributed by atoms with Gasteiger partial charge in [-0.1, -0.05) is 32.6 Å². The van der Waals surface area contributed by atoms with Crippen LogP contribution in [0, 0.1) is 5.92 Å². The molecule has 2 atom stereocenters. The van der Waals surface area contributed by atoms with E-state index in [0.29, 0.717) is 0 Å². The number of aryl methyl sites for hydroxylation is 2. The average Bonchev–Trinajstić information content (AvgIpc) is 2.62. The van der Waals surface area contributed by atoms with E-state index in [1.807, 2.05) is 6.92 Å². The van der Waals surface area contributed by atoms with Gasteiger partial charge in [0.2, 0.25) is 0 Å². The van der Waals surface area contributed by atoms with Crippen LogP contribution < -0.4 is 5.73 Å². The molecular weight excluding hydrogens is 361 g/mol.